The van der Waals surface area contributed by atoms with Crippen molar-refractivity contribution >= 4 is 63.0 Å². The number of piperidine rings is 4. The Kier molecular flexibility index (Phi) is 15.6. The van der Waals surface area contributed by atoms with Gasteiger partial charge < -0.3 is 38.5 Å². The maximum Gasteiger partial charge on any atom is 0.490 e. The summed E-state index contributed by atoms with van der Waals surface area (Å²) >= 11 is 3.42. The fourth-order valence-corrected chi connectivity index (χ4v) is 9.36. The van der Waals surface area contributed by atoms with E-state index in [2.05, 4.69) is 89.1 Å². The summed E-state index contributed by atoms with van der Waals surface area (Å²) in [5.74, 6) is 11.4. The molecule has 0 bridgehead atoms. The van der Waals surface area contributed by atoms with Crippen molar-refractivity contribution < 1.29 is 18.9 Å². The van der Waals surface area contributed by atoms with Gasteiger partial charge in [-0.1, -0.05) is 24.7 Å². The van der Waals surface area contributed by atoms with Gasteiger partial charge in [-0.15, -0.1) is 11.8 Å². The van der Waals surface area contributed by atoms with Crippen LogP contribution in [0.15, 0.2) is 74.8 Å². The molecule has 0 aliphatic carbocycles. The topological polar surface area (TPSA) is 157 Å². The summed E-state index contributed by atoms with van der Waals surface area (Å²) in [4.78, 5) is 36.0. The van der Waals surface area contributed by atoms with Gasteiger partial charge in [0, 0.05) is 114 Å². The lowest BCUT2D eigenvalue weighted by atomic mass is 9.81. The number of hydrogen-bond donors (Lipinski definition) is 2. The molecule has 0 radical (unpaired) electrons. The van der Waals surface area contributed by atoms with Gasteiger partial charge in [-0.05, 0) is 126 Å². The SMILES string of the molecule is Brc1cnc2nc(N3CCC(N4CCCCC4)CC3)oc2c1.CC#Cc1cncc(-c2cnc3nc(N4CCC(N5CCCCC5)CC4)oc3c2)c1.CC#Cc1cncc(B(O)O)c1. The number of halogens is 1. The van der Waals surface area contributed by atoms with Gasteiger partial charge in [0.2, 0.25) is 11.3 Å². The van der Waals surface area contributed by atoms with Crippen LogP contribution in [0.25, 0.3) is 33.6 Å². The van der Waals surface area contributed by atoms with Crippen LogP contribution in [0.4, 0.5) is 12.0 Å². The fourth-order valence-electron chi connectivity index (χ4n) is 9.05. The predicted octanol–water partition coefficient (Wildman–Crippen LogP) is 6.68. The molecule has 16 heteroatoms. The fraction of sp³-hybridized carbons (Fsp3) is 0.458. The number of rotatable bonds is 6. The molecule has 0 spiro atoms. The van der Waals surface area contributed by atoms with Crippen molar-refractivity contribution in [3.05, 3.63) is 77.0 Å². The monoisotopic (exact) mass is 926 g/mol. The second-order valence-electron chi connectivity index (χ2n) is 16.7. The number of fused-ring (bicyclic) bond motifs is 2. The van der Waals surface area contributed by atoms with Crippen molar-refractivity contribution in [3.8, 4) is 34.8 Å². The van der Waals surface area contributed by atoms with E-state index in [0.29, 0.717) is 40.0 Å². The van der Waals surface area contributed by atoms with Gasteiger partial charge in [-0.25, -0.2) is 9.97 Å². The molecule has 6 aromatic rings. The van der Waals surface area contributed by atoms with Gasteiger partial charge in [0.05, 0.1) is 0 Å². The molecule has 64 heavy (non-hydrogen) atoms. The second kappa shape index (κ2) is 22.0. The molecule has 0 saturated carbocycles. The van der Waals surface area contributed by atoms with Crippen molar-refractivity contribution in [3.63, 3.8) is 0 Å². The molecule has 0 unspecified atom stereocenters. The molecule has 4 aliphatic heterocycles. The molecule has 6 aromatic heterocycles. The van der Waals surface area contributed by atoms with Gasteiger partial charge in [0.1, 0.15) is 0 Å². The highest BCUT2D eigenvalue weighted by atomic mass is 79.9. The number of pyridine rings is 4. The summed E-state index contributed by atoms with van der Waals surface area (Å²) in [7, 11) is -1.48. The first-order chi connectivity index (χ1) is 31.3. The van der Waals surface area contributed by atoms with Crippen LogP contribution < -0.4 is 15.3 Å². The van der Waals surface area contributed by atoms with Crippen molar-refractivity contribution in [1.82, 2.24) is 39.7 Å². The summed E-state index contributed by atoms with van der Waals surface area (Å²) in [5.41, 5.74) is 6.69. The molecule has 10 rings (SSSR count). The number of anilines is 2. The molecular formula is C48H56BBrN10O4. The number of nitrogens with zero attached hydrogens (tertiary/aromatic N) is 10. The lowest BCUT2D eigenvalue weighted by molar-refractivity contribution is 0.140. The summed E-state index contributed by atoms with van der Waals surface area (Å²) in [6.45, 7) is 12.7. The molecule has 4 saturated heterocycles. The average molecular weight is 928 g/mol. The summed E-state index contributed by atoms with van der Waals surface area (Å²) in [6.07, 6.45) is 23.1. The van der Waals surface area contributed by atoms with Crippen LogP contribution in [0.2, 0.25) is 0 Å². The van der Waals surface area contributed by atoms with Crippen LogP contribution >= 0.6 is 15.9 Å². The first-order valence-electron chi connectivity index (χ1n) is 22.6. The molecule has 0 atom stereocenters. The van der Waals surface area contributed by atoms with E-state index in [4.69, 9.17) is 18.9 Å². The maximum atomic E-state index is 8.78. The van der Waals surface area contributed by atoms with Crippen molar-refractivity contribution in [1.29, 1.82) is 0 Å². The zero-order valence-corrected chi connectivity index (χ0v) is 38.4. The molecule has 2 N–H and O–H groups in total. The largest absolute Gasteiger partial charge is 0.490 e. The van der Waals surface area contributed by atoms with Crippen LogP contribution in [0, 0.1) is 23.7 Å². The zero-order valence-electron chi connectivity index (χ0n) is 36.8. The average Bonchev–Trinajstić information content (AvgIpc) is 3.97. The van der Waals surface area contributed by atoms with E-state index in [0.717, 1.165) is 65.0 Å². The van der Waals surface area contributed by atoms with Crippen LogP contribution in [0.1, 0.15) is 89.2 Å². The van der Waals surface area contributed by atoms with Gasteiger partial charge in [0.15, 0.2) is 11.2 Å². The lowest BCUT2D eigenvalue weighted by Crippen LogP contribution is -2.46. The first kappa shape index (κ1) is 45.2. The normalized spacial score (nSPS) is 17.6. The molecule has 4 fully saturated rings. The van der Waals surface area contributed by atoms with Crippen molar-refractivity contribution in [2.24, 2.45) is 0 Å². The highest BCUT2D eigenvalue weighted by molar-refractivity contribution is 9.10. The third-order valence-electron chi connectivity index (χ3n) is 12.4. The highest BCUT2D eigenvalue weighted by Crippen LogP contribution is 2.30. The number of hydrogen-bond acceptors (Lipinski definition) is 14. The zero-order chi connectivity index (χ0) is 44.3. The molecule has 10 heterocycles. The quantitative estimate of drug-likeness (QED) is 0.135. The van der Waals surface area contributed by atoms with E-state index in [-0.39, 0.29) is 0 Å². The Labute approximate surface area is 384 Å². The number of likely N-dealkylation sites (tertiary alicyclic amines) is 2. The van der Waals surface area contributed by atoms with E-state index in [1.54, 1.807) is 31.6 Å². The van der Waals surface area contributed by atoms with Crippen molar-refractivity contribution in [2.45, 2.75) is 90.1 Å². The smallest absolute Gasteiger partial charge is 0.423 e. The Morgan fingerprint density at radius 2 is 1.06 bits per heavy atom. The van der Waals surface area contributed by atoms with Crippen LogP contribution in [-0.4, -0.2) is 121 Å². The van der Waals surface area contributed by atoms with Crippen LogP contribution in [-0.2, 0) is 0 Å². The van der Waals surface area contributed by atoms with Crippen LogP contribution in [0.3, 0.4) is 0 Å². The van der Waals surface area contributed by atoms with E-state index < -0.39 is 7.12 Å². The number of aromatic nitrogens is 6. The molecule has 332 valence electrons. The van der Waals surface area contributed by atoms with Gasteiger partial charge in [-0.2, -0.15) is 9.97 Å². The minimum absolute atomic E-state index is 0.357. The van der Waals surface area contributed by atoms with E-state index in [1.165, 1.54) is 96.6 Å². The van der Waals surface area contributed by atoms with Gasteiger partial charge in [-0.3, -0.25) is 9.97 Å². The Hall–Kier alpha value is -5.36. The minimum Gasteiger partial charge on any atom is -0.423 e. The summed E-state index contributed by atoms with van der Waals surface area (Å²) in [5, 5.41) is 17.6. The Bertz CT molecular complexity index is 2590. The minimum atomic E-state index is -1.48. The van der Waals surface area contributed by atoms with Crippen molar-refractivity contribution in [2.75, 3.05) is 62.2 Å². The number of oxazole rings is 2. The highest BCUT2D eigenvalue weighted by Gasteiger charge is 2.29. The molecular weight excluding hydrogens is 871 g/mol. The maximum absolute atomic E-state index is 8.78. The van der Waals surface area contributed by atoms with E-state index >= 15 is 0 Å². The third kappa shape index (κ3) is 11.7. The third-order valence-corrected chi connectivity index (χ3v) is 12.8. The van der Waals surface area contributed by atoms with Crippen LogP contribution in [0.5, 0.6) is 0 Å². The Balaban J connectivity index is 0.000000144. The first-order valence-corrected chi connectivity index (χ1v) is 23.4. The lowest BCUT2D eigenvalue weighted by Gasteiger charge is -2.39. The summed E-state index contributed by atoms with van der Waals surface area (Å²) < 4.78 is 12.9. The molecule has 14 nitrogen and oxygen atoms in total. The van der Waals surface area contributed by atoms with E-state index in [1.807, 2.05) is 37.5 Å². The Morgan fingerprint density at radius 3 is 1.59 bits per heavy atom. The standard InChI is InChI=1S/C24H27N5O.C16H21BrN4O.C8H8BNO2/c1-2-6-18-13-19(16-25-15-18)20-14-22-23(26-17-20)27-24(30-22)29-11-7-21(8-12-29)28-9-4-3-5-10-28;17-12-10-14-15(18-11-12)19-16(22-14)21-8-4-13(5-9-21)20-6-2-1-3-7-20;1-2-3-7-4-8(9(11)12)6-10-5-7/h13-17,21H,3-5,7-12H2,1H3;10-11,13H,1-9H2;4-6,11-12H,1H3. The molecule has 4 aliphatic rings. The van der Waals surface area contributed by atoms with E-state index in [9.17, 15) is 0 Å². The second-order valence-corrected chi connectivity index (χ2v) is 17.7. The van der Waals surface area contributed by atoms with Gasteiger partial charge >= 0.3 is 7.12 Å². The Morgan fingerprint density at radius 1 is 0.578 bits per heavy atom. The summed E-state index contributed by atoms with van der Waals surface area (Å²) in [6, 6.07) is 10.4. The molecule has 0 aromatic carbocycles. The van der Waals surface area contributed by atoms with Gasteiger partial charge in [0.25, 0.3) is 12.0 Å². The predicted molar refractivity (Wildman–Crippen MR) is 255 cm³/mol. The molecule has 0 amide bonds.